The van der Waals surface area contributed by atoms with Gasteiger partial charge in [-0.2, -0.15) is 0 Å². The normalized spacial score (nSPS) is 22.7. The number of piperazine rings is 1. The second-order valence-corrected chi connectivity index (χ2v) is 5.23. The Balaban J connectivity index is 2.08. The molecule has 1 atom stereocenters. The first kappa shape index (κ1) is 11.8. The van der Waals surface area contributed by atoms with Gasteiger partial charge < -0.3 is 15.1 Å². The van der Waals surface area contributed by atoms with Crippen molar-refractivity contribution in [3.63, 3.8) is 0 Å². The topological polar surface area (TPSA) is 18.5 Å². The molecule has 0 aromatic heterocycles. The summed E-state index contributed by atoms with van der Waals surface area (Å²) in [7, 11) is 0. The lowest BCUT2D eigenvalue weighted by Crippen LogP contribution is -2.59. The first-order chi connectivity index (χ1) is 8.85. The molecule has 0 radical (unpaired) electrons. The van der Waals surface area contributed by atoms with Gasteiger partial charge in [0.05, 0.1) is 17.4 Å². The van der Waals surface area contributed by atoms with Crippen molar-refractivity contribution in [2.45, 2.75) is 26.3 Å². The van der Waals surface area contributed by atoms with Gasteiger partial charge in [-0.05, 0) is 25.0 Å². The van der Waals surface area contributed by atoms with Gasteiger partial charge in [-0.25, -0.2) is 0 Å². The maximum atomic E-state index is 3.53. The van der Waals surface area contributed by atoms with Crippen molar-refractivity contribution in [1.82, 2.24) is 5.32 Å². The maximum absolute atomic E-state index is 3.53. The minimum Gasteiger partial charge on any atom is -0.368 e. The molecule has 0 amide bonds. The van der Waals surface area contributed by atoms with Crippen molar-refractivity contribution >= 4 is 11.4 Å². The van der Waals surface area contributed by atoms with Crippen LogP contribution in [0.4, 0.5) is 11.4 Å². The third-order valence-corrected chi connectivity index (χ3v) is 4.27. The zero-order chi connectivity index (χ0) is 12.5. The summed E-state index contributed by atoms with van der Waals surface area (Å²) in [4.78, 5) is 5.17. The zero-order valence-corrected chi connectivity index (χ0v) is 11.4. The van der Waals surface area contributed by atoms with Crippen LogP contribution in [0, 0.1) is 0 Å². The Morgan fingerprint density at radius 1 is 1.33 bits per heavy atom. The molecule has 3 heteroatoms. The van der Waals surface area contributed by atoms with Gasteiger partial charge in [-0.1, -0.05) is 19.1 Å². The predicted molar refractivity (Wildman–Crippen MR) is 77.7 cm³/mol. The molecule has 98 valence electrons. The van der Waals surface area contributed by atoms with Crippen LogP contribution in [0.1, 0.15) is 19.4 Å². The van der Waals surface area contributed by atoms with E-state index in [9.17, 15) is 0 Å². The highest BCUT2D eigenvalue weighted by atomic mass is 15.3. The molecule has 1 saturated heterocycles. The fourth-order valence-electron chi connectivity index (χ4n) is 3.32. The monoisotopic (exact) mass is 245 g/mol. The minimum absolute atomic E-state index is 0.638. The molecular formula is C15H23N3. The number of nitrogens with zero attached hydrogens (tertiary/aromatic N) is 2. The van der Waals surface area contributed by atoms with Crippen LogP contribution in [0.2, 0.25) is 0 Å². The van der Waals surface area contributed by atoms with Crippen LogP contribution >= 0.6 is 0 Å². The van der Waals surface area contributed by atoms with Crippen molar-refractivity contribution in [1.29, 1.82) is 0 Å². The number of aryl methyl sites for hydroxylation is 1. The molecule has 1 N–H and O–H groups in total. The lowest BCUT2D eigenvalue weighted by molar-refractivity contribution is 0.459. The van der Waals surface area contributed by atoms with E-state index in [-0.39, 0.29) is 0 Å². The number of likely N-dealkylation sites (N-methyl/N-ethyl adjacent to an activating group) is 1. The molecule has 2 aliphatic heterocycles. The van der Waals surface area contributed by atoms with Gasteiger partial charge in [-0.3, -0.25) is 0 Å². The van der Waals surface area contributed by atoms with E-state index < -0.39 is 0 Å². The van der Waals surface area contributed by atoms with Crippen LogP contribution in [-0.2, 0) is 6.42 Å². The number of anilines is 2. The van der Waals surface area contributed by atoms with Crippen molar-refractivity contribution in [3.8, 4) is 0 Å². The molecule has 0 bridgehead atoms. The summed E-state index contributed by atoms with van der Waals surface area (Å²) in [6.45, 7) is 10.2. The first-order valence-corrected chi connectivity index (χ1v) is 7.19. The largest absolute Gasteiger partial charge is 0.368 e. The number of hydrogen-bond acceptors (Lipinski definition) is 3. The van der Waals surface area contributed by atoms with Gasteiger partial charge >= 0.3 is 0 Å². The van der Waals surface area contributed by atoms with E-state index >= 15 is 0 Å². The Hall–Kier alpha value is -1.22. The number of hydrogen-bond donors (Lipinski definition) is 1. The Morgan fingerprint density at radius 2 is 2.22 bits per heavy atom. The molecule has 3 rings (SSSR count). The molecule has 2 heterocycles. The van der Waals surface area contributed by atoms with Crippen LogP contribution < -0.4 is 15.1 Å². The fraction of sp³-hybridized carbons (Fsp3) is 0.600. The molecule has 1 fully saturated rings. The van der Waals surface area contributed by atoms with E-state index in [4.69, 9.17) is 0 Å². The number of benzene rings is 1. The molecule has 1 aromatic rings. The molecule has 2 aliphatic rings. The molecular weight excluding hydrogens is 222 g/mol. The average molecular weight is 245 g/mol. The van der Waals surface area contributed by atoms with Gasteiger partial charge in [0.25, 0.3) is 0 Å². The van der Waals surface area contributed by atoms with Crippen molar-refractivity contribution in [2.75, 3.05) is 42.5 Å². The smallest absolute Gasteiger partial charge is 0.0640 e. The number of rotatable bonds is 2. The van der Waals surface area contributed by atoms with Crippen LogP contribution in [0.5, 0.6) is 0 Å². The third-order valence-electron chi connectivity index (χ3n) is 4.27. The van der Waals surface area contributed by atoms with Crippen molar-refractivity contribution in [2.24, 2.45) is 0 Å². The zero-order valence-electron chi connectivity index (χ0n) is 11.4. The van der Waals surface area contributed by atoms with E-state index in [1.54, 1.807) is 0 Å². The van der Waals surface area contributed by atoms with Gasteiger partial charge in [0, 0.05) is 32.7 Å². The lowest BCUT2D eigenvalue weighted by atomic mass is 9.99. The van der Waals surface area contributed by atoms with Crippen LogP contribution in [-0.4, -0.2) is 38.8 Å². The number of nitrogens with one attached hydrogen (secondary N) is 1. The van der Waals surface area contributed by atoms with Gasteiger partial charge in [0.15, 0.2) is 0 Å². The van der Waals surface area contributed by atoms with E-state index in [0.717, 1.165) is 39.1 Å². The molecule has 0 spiro atoms. The van der Waals surface area contributed by atoms with Gasteiger partial charge in [-0.15, -0.1) is 0 Å². The van der Waals surface area contributed by atoms with Crippen LogP contribution in [0.25, 0.3) is 0 Å². The van der Waals surface area contributed by atoms with E-state index in [0.29, 0.717) is 6.04 Å². The standard InChI is InChI=1S/C15H23N3/c1-3-12-6-5-7-14-15(12)18-9-8-16-10-13(18)11-17(14)4-2/h5-7,13,16H,3-4,8-11H2,1-2H3. The predicted octanol–water partition coefficient (Wildman–Crippen LogP) is 1.87. The van der Waals surface area contributed by atoms with Gasteiger partial charge in [0.2, 0.25) is 0 Å². The quantitative estimate of drug-likeness (QED) is 0.858. The Labute approximate surface area is 110 Å². The van der Waals surface area contributed by atoms with Crippen molar-refractivity contribution in [3.05, 3.63) is 23.8 Å². The molecule has 0 aliphatic carbocycles. The molecule has 1 aromatic carbocycles. The molecule has 18 heavy (non-hydrogen) atoms. The summed E-state index contributed by atoms with van der Waals surface area (Å²) in [5.74, 6) is 0. The lowest BCUT2D eigenvalue weighted by Gasteiger charge is -2.47. The van der Waals surface area contributed by atoms with E-state index in [2.05, 4.69) is 47.2 Å². The summed E-state index contributed by atoms with van der Waals surface area (Å²) >= 11 is 0. The number of para-hydroxylation sites is 1. The highest BCUT2D eigenvalue weighted by Gasteiger charge is 2.32. The maximum Gasteiger partial charge on any atom is 0.0640 e. The second kappa shape index (κ2) is 4.81. The first-order valence-electron chi connectivity index (χ1n) is 7.19. The van der Waals surface area contributed by atoms with Crippen molar-refractivity contribution < 1.29 is 0 Å². The fourth-order valence-corrected chi connectivity index (χ4v) is 3.32. The van der Waals surface area contributed by atoms with E-state index in [1.165, 1.54) is 16.9 Å². The highest BCUT2D eigenvalue weighted by molar-refractivity contribution is 5.77. The average Bonchev–Trinajstić information content (AvgIpc) is 2.45. The van der Waals surface area contributed by atoms with E-state index in [1.807, 2.05) is 0 Å². The summed E-state index contributed by atoms with van der Waals surface area (Å²) < 4.78 is 0. The summed E-state index contributed by atoms with van der Waals surface area (Å²) in [6, 6.07) is 7.43. The van der Waals surface area contributed by atoms with Crippen LogP contribution in [0.3, 0.4) is 0 Å². The second-order valence-electron chi connectivity index (χ2n) is 5.23. The Kier molecular flexibility index (Phi) is 3.16. The minimum atomic E-state index is 0.638. The summed E-state index contributed by atoms with van der Waals surface area (Å²) in [6.07, 6.45) is 1.12. The summed E-state index contributed by atoms with van der Waals surface area (Å²) in [5, 5.41) is 3.53. The Bertz CT molecular complexity index is 430. The number of fused-ring (bicyclic) bond motifs is 3. The SMILES string of the molecule is CCc1cccc2c1N1CCNCC1CN2CC. The Morgan fingerprint density at radius 3 is 3.00 bits per heavy atom. The third kappa shape index (κ3) is 1.77. The van der Waals surface area contributed by atoms with Crippen LogP contribution in [0.15, 0.2) is 18.2 Å². The summed E-state index contributed by atoms with van der Waals surface area (Å²) in [5.41, 5.74) is 4.44. The molecule has 0 saturated carbocycles. The van der Waals surface area contributed by atoms with Gasteiger partial charge in [0.1, 0.15) is 0 Å². The molecule has 1 unspecified atom stereocenters. The molecule has 3 nitrogen and oxygen atoms in total. The highest BCUT2D eigenvalue weighted by Crippen LogP contribution is 2.38.